The Morgan fingerprint density at radius 3 is 2.71 bits per heavy atom. The molecule has 0 spiro atoms. The van der Waals surface area contributed by atoms with Crippen molar-refractivity contribution in [1.82, 2.24) is 4.98 Å². The molecule has 2 aromatic carbocycles. The van der Waals surface area contributed by atoms with Crippen LogP contribution in [0.25, 0.3) is 10.9 Å². The van der Waals surface area contributed by atoms with Crippen LogP contribution >= 0.6 is 11.6 Å². The predicted octanol–water partition coefficient (Wildman–Crippen LogP) is 4.27. The van der Waals surface area contributed by atoms with Gasteiger partial charge in [0, 0.05) is 22.7 Å². The molecule has 1 heterocycles. The number of fused-ring (bicyclic) bond motifs is 1. The highest BCUT2D eigenvalue weighted by Gasteiger charge is 2.08. The predicted molar refractivity (Wildman–Crippen MR) is 84.2 cm³/mol. The Labute approximate surface area is 127 Å². The molecule has 3 aromatic rings. The van der Waals surface area contributed by atoms with E-state index in [0.29, 0.717) is 28.0 Å². The molecule has 0 aliphatic carbocycles. The molecule has 0 atom stereocenters. The summed E-state index contributed by atoms with van der Waals surface area (Å²) in [7, 11) is 1.60. The third kappa shape index (κ3) is 2.71. The number of nitrogens with two attached hydrogens (primary N) is 1. The fourth-order valence-electron chi connectivity index (χ4n) is 2.03. The molecule has 0 unspecified atom stereocenters. The summed E-state index contributed by atoms with van der Waals surface area (Å²) >= 11 is 5.98. The maximum atomic E-state index is 5.98. The zero-order valence-corrected chi connectivity index (χ0v) is 12.1. The van der Waals surface area contributed by atoms with Gasteiger partial charge in [-0.25, -0.2) is 0 Å². The van der Waals surface area contributed by atoms with E-state index in [0.717, 1.165) is 10.9 Å². The van der Waals surface area contributed by atoms with E-state index < -0.39 is 0 Å². The van der Waals surface area contributed by atoms with Crippen molar-refractivity contribution in [1.29, 1.82) is 0 Å². The largest absolute Gasteiger partial charge is 0.497 e. The Hall–Kier alpha value is -2.46. The number of methoxy groups -OCH3 is 1. The van der Waals surface area contributed by atoms with E-state index in [2.05, 4.69) is 4.98 Å². The van der Waals surface area contributed by atoms with E-state index >= 15 is 0 Å². The van der Waals surface area contributed by atoms with Crippen molar-refractivity contribution in [2.45, 2.75) is 0 Å². The summed E-state index contributed by atoms with van der Waals surface area (Å²) in [4.78, 5) is 4.28. The second kappa shape index (κ2) is 5.50. The second-order valence-electron chi connectivity index (χ2n) is 4.48. The Bertz CT molecular complexity index is 805. The molecular formula is C16H13ClN2O2. The average Bonchev–Trinajstić information content (AvgIpc) is 2.49. The summed E-state index contributed by atoms with van der Waals surface area (Å²) in [6.07, 6.45) is 1.67. The Morgan fingerprint density at radius 1 is 1.05 bits per heavy atom. The van der Waals surface area contributed by atoms with Crippen LogP contribution in [0.2, 0.25) is 5.02 Å². The van der Waals surface area contributed by atoms with Gasteiger partial charge in [0.2, 0.25) is 0 Å². The summed E-state index contributed by atoms with van der Waals surface area (Å²) in [6, 6.07) is 12.5. The molecule has 0 saturated carbocycles. The number of rotatable bonds is 3. The lowest BCUT2D eigenvalue weighted by Crippen LogP contribution is -1.94. The monoisotopic (exact) mass is 300 g/mol. The van der Waals surface area contributed by atoms with Gasteiger partial charge >= 0.3 is 0 Å². The smallest absolute Gasteiger partial charge is 0.154 e. The summed E-state index contributed by atoms with van der Waals surface area (Å²) in [6.45, 7) is 0. The molecule has 0 bridgehead atoms. The van der Waals surface area contributed by atoms with Crippen molar-refractivity contribution in [3.8, 4) is 17.2 Å². The van der Waals surface area contributed by atoms with E-state index in [9.17, 15) is 0 Å². The lowest BCUT2D eigenvalue weighted by molar-refractivity contribution is 0.409. The number of aromatic nitrogens is 1. The minimum absolute atomic E-state index is 0.537. The molecule has 4 nitrogen and oxygen atoms in total. The quantitative estimate of drug-likeness (QED) is 0.734. The van der Waals surface area contributed by atoms with Gasteiger partial charge in [0.15, 0.2) is 5.75 Å². The molecule has 0 amide bonds. The molecule has 0 aliphatic heterocycles. The van der Waals surface area contributed by atoms with Crippen LogP contribution in [-0.2, 0) is 0 Å². The van der Waals surface area contributed by atoms with Gasteiger partial charge in [0.25, 0.3) is 0 Å². The van der Waals surface area contributed by atoms with Crippen LogP contribution in [0.4, 0.5) is 5.69 Å². The zero-order valence-electron chi connectivity index (χ0n) is 11.3. The summed E-state index contributed by atoms with van der Waals surface area (Å²) in [5, 5.41) is 1.50. The lowest BCUT2D eigenvalue weighted by Gasteiger charge is -2.12. The third-order valence-electron chi connectivity index (χ3n) is 3.11. The van der Waals surface area contributed by atoms with E-state index in [-0.39, 0.29) is 0 Å². The second-order valence-corrected chi connectivity index (χ2v) is 4.91. The first kappa shape index (κ1) is 13.5. The highest BCUT2D eigenvalue weighted by Crippen LogP contribution is 2.34. The van der Waals surface area contributed by atoms with Crippen molar-refractivity contribution in [3.63, 3.8) is 0 Å². The van der Waals surface area contributed by atoms with Crippen LogP contribution in [0.15, 0.2) is 48.7 Å². The summed E-state index contributed by atoms with van der Waals surface area (Å²) in [5.74, 6) is 1.88. The molecule has 21 heavy (non-hydrogen) atoms. The minimum Gasteiger partial charge on any atom is -0.497 e. The molecule has 0 radical (unpaired) electrons. The first-order valence-corrected chi connectivity index (χ1v) is 6.71. The average molecular weight is 301 g/mol. The lowest BCUT2D eigenvalue weighted by atomic mass is 10.2. The van der Waals surface area contributed by atoms with E-state index in [1.54, 1.807) is 49.7 Å². The normalized spacial score (nSPS) is 10.6. The maximum absolute atomic E-state index is 5.98. The van der Waals surface area contributed by atoms with Crippen LogP contribution in [0.5, 0.6) is 17.2 Å². The van der Waals surface area contributed by atoms with Gasteiger partial charge in [-0.1, -0.05) is 11.6 Å². The number of pyridine rings is 1. The molecule has 2 N–H and O–H groups in total. The van der Waals surface area contributed by atoms with Gasteiger partial charge in [-0.2, -0.15) is 0 Å². The molecule has 5 heteroatoms. The first-order chi connectivity index (χ1) is 10.2. The third-order valence-corrected chi connectivity index (χ3v) is 3.34. The number of nitrogen functional groups attached to an aromatic ring is 1. The molecule has 1 aromatic heterocycles. The van der Waals surface area contributed by atoms with Crippen LogP contribution in [0, 0.1) is 0 Å². The van der Waals surface area contributed by atoms with Crippen molar-refractivity contribution in [2.24, 2.45) is 0 Å². The molecule has 3 rings (SSSR count). The maximum Gasteiger partial charge on any atom is 0.154 e. The Kier molecular flexibility index (Phi) is 3.54. The zero-order chi connectivity index (χ0) is 14.8. The van der Waals surface area contributed by atoms with Gasteiger partial charge in [-0.3, -0.25) is 4.98 Å². The fourth-order valence-corrected chi connectivity index (χ4v) is 2.20. The number of nitrogens with zero attached hydrogens (tertiary/aromatic N) is 1. The van der Waals surface area contributed by atoms with E-state index in [1.807, 2.05) is 6.07 Å². The van der Waals surface area contributed by atoms with Gasteiger partial charge in [-0.05, 0) is 36.4 Å². The van der Waals surface area contributed by atoms with Crippen molar-refractivity contribution >= 4 is 28.2 Å². The number of halogens is 1. The standard InChI is InChI=1S/C16H13ClN2O2/c1-20-11-3-5-13(18)16(9-11)21-15-6-7-19-14-8-10(17)2-4-12(14)15/h2-9H,18H2,1H3. The summed E-state index contributed by atoms with van der Waals surface area (Å²) < 4.78 is 11.1. The highest BCUT2D eigenvalue weighted by molar-refractivity contribution is 6.31. The van der Waals surface area contributed by atoms with Gasteiger partial charge < -0.3 is 15.2 Å². The first-order valence-electron chi connectivity index (χ1n) is 6.33. The Balaban J connectivity index is 2.06. The molecule has 0 aliphatic rings. The topological polar surface area (TPSA) is 57.4 Å². The molecule has 106 valence electrons. The van der Waals surface area contributed by atoms with E-state index in [1.165, 1.54) is 0 Å². The van der Waals surface area contributed by atoms with Gasteiger partial charge in [-0.15, -0.1) is 0 Å². The number of hydrogen-bond donors (Lipinski definition) is 1. The number of hydrogen-bond acceptors (Lipinski definition) is 4. The van der Waals surface area contributed by atoms with E-state index in [4.69, 9.17) is 26.8 Å². The van der Waals surface area contributed by atoms with Crippen LogP contribution in [0.1, 0.15) is 0 Å². The van der Waals surface area contributed by atoms with Gasteiger partial charge in [0.05, 0.1) is 18.3 Å². The molecular weight excluding hydrogens is 288 g/mol. The number of benzene rings is 2. The SMILES string of the molecule is COc1ccc(N)c(Oc2ccnc3cc(Cl)ccc23)c1. The summed E-state index contributed by atoms with van der Waals surface area (Å²) in [5.41, 5.74) is 7.24. The van der Waals surface area contributed by atoms with Crippen molar-refractivity contribution in [2.75, 3.05) is 12.8 Å². The van der Waals surface area contributed by atoms with Gasteiger partial charge in [0.1, 0.15) is 11.5 Å². The fraction of sp³-hybridized carbons (Fsp3) is 0.0625. The minimum atomic E-state index is 0.537. The number of anilines is 1. The van der Waals surface area contributed by atoms with Crippen molar-refractivity contribution in [3.05, 3.63) is 53.7 Å². The van der Waals surface area contributed by atoms with Crippen LogP contribution in [0.3, 0.4) is 0 Å². The molecule has 0 fully saturated rings. The highest BCUT2D eigenvalue weighted by atomic mass is 35.5. The number of ether oxygens (including phenoxy) is 2. The molecule has 0 saturated heterocycles. The Morgan fingerprint density at radius 2 is 1.90 bits per heavy atom. The van der Waals surface area contributed by atoms with Crippen LogP contribution in [-0.4, -0.2) is 12.1 Å². The van der Waals surface area contributed by atoms with Crippen molar-refractivity contribution < 1.29 is 9.47 Å². The van der Waals surface area contributed by atoms with Crippen LogP contribution < -0.4 is 15.2 Å².